The second-order valence-electron chi connectivity index (χ2n) is 7.91. The van der Waals surface area contributed by atoms with E-state index in [1.807, 2.05) is 26.0 Å². The van der Waals surface area contributed by atoms with Gasteiger partial charge in [-0.15, -0.1) is 0 Å². The van der Waals surface area contributed by atoms with E-state index in [0.29, 0.717) is 36.9 Å². The van der Waals surface area contributed by atoms with Gasteiger partial charge in [0, 0.05) is 32.1 Å². The van der Waals surface area contributed by atoms with Crippen LogP contribution in [0, 0.1) is 17.8 Å². The first kappa shape index (κ1) is 18.0. The van der Waals surface area contributed by atoms with Crippen molar-refractivity contribution < 1.29 is 13.2 Å². The van der Waals surface area contributed by atoms with Crippen molar-refractivity contribution in [2.24, 2.45) is 17.8 Å². The zero-order valence-electron chi connectivity index (χ0n) is 15.6. The van der Waals surface area contributed by atoms with E-state index in [1.54, 1.807) is 12.1 Å². The third-order valence-corrected chi connectivity index (χ3v) is 8.65. The molecule has 1 aromatic rings. The predicted octanol–water partition coefficient (Wildman–Crippen LogP) is 2.52. The molecule has 0 spiro atoms. The highest BCUT2D eigenvalue weighted by Crippen LogP contribution is 2.61. The van der Waals surface area contributed by atoms with Crippen LogP contribution in [0.4, 0.5) is 0 Å². The molecule has 0 N–H and O–H groups in total. The highest BCUT2D eigenvalue weighted by Gasteiger charge is 2.61. The number of carbonyl (C=O) groups excluding carboxylic acids is 1. The minimum atomic E-state index is -3.41. The van der Waals surface area contributed by atoms with Gasteiger partial charge in [-0.3, -0.25) is 4.79 Å². The van der Waals surface area contributed by atoms with Crippen LogP contribution in [-0.4, -0.2) is 49.2 Å². The van der Waals surface area contributed by atoms with Crippen molar-refractivity contribution in [3.63, 3.8) is 0 Å². The van der Waals surface area contributed by atoms with Crippen LogP contribution in [-0.2, 0) is 21.2 Å². The Morgan fingerprint density at radius 1 is 1.12 bits per heavy atom. The van der Waals surface area contributed by atoms with E-state index in [0.717, 1.165) is 29.9 Å². The van der Waals surface area contributed by atoms with Crippen LogP contribution in [0.2, 0.25) is 0 Å². The maximum Gasteiger partial charge on any atom is 0.243 e. The van der Waals surface area contributed by atoms with Gasteiger partial charge in [0.2, 0.25) is 15.9 Å². The van der Waals surface area contributed by atoms with Crippen molar-refractivity contribution >= 4 is 15.9 Å². The van der Waals surface area contributed by atoms with E-state index in [2.05, 4.69) is 4.90 Å². The van der Waals surface area contributed by atoms with Crippen LogP contribution < -0.4 is 0 Å². The number of aryl methyl sites for hydroxylation is 1. The van der Waals surface area contributed by atoms with Gasteiger partial charge in [-0.2, -0.15) is 4.31 Å². The molecule has 0 radical (unpaired) electrons. The van der Waals surface area contributed by atoms with Crippen LogP contribution in [0.15, 0.2) is 29.2 Å². The van der Waals surface area contributed by atoms with E-state index in [1.165, 1.54) is 17.1 Å². The van der Waals surface area contributed by atoms with Crippen molar-refractivity contribution in [3.05, 3.63) is 29.8 Å². The van der Waals surface area contributed by atoms with Gasteiger partial charge in [0.1, 0.15) is 0 Å². The largest absolute Gasteiger partial charge is 0.339 e. The summed E-state index contributed by atoms with van der Waals surface area (Å²) in [6.07, 6.45) is 3.75. The highest BCUT2D eigenvalue weighted by molar-refractivity contribution is 7.89. The van der Waals surface area contributed by atoms with Crippen molar-refractivity contribution in [2.45, 2.75) is 50.5 Å². The fraction of sp³-hybridized carbons (Fsp3) is 0.650. The third kappa shape index (κ3) is 2.97. The van der Waals surface area contributed by atoms with Gasteiger partial charge < -0.3 is 4.90 Å². The molecule has 1 saturated heterocycles. The Bertz CT molecular complexity index is 786. The lowest BCUT2D eigenvalue weighted by Crippen LogP contribution is -2.39. The monoisotopic (exact) mass is 376 g/mol. The second kappa shape index (κ2) is 6.64. The molecule has 0 unspecified atom stereocenters. The van der Waals surface area contributed by atoms with Crippen molar-refractivity contribution in [3.8, 4) is 0 Å². The molecule has 0 aromatic heterocycles. The number of fused-ring (bicyclic) bond motifs is 5. The molecular weight excluding hydrogens is 348 g/mol. The maximum atomic E-state index is 12.6. The zero-order chi connectivity index (χ0) is 18.5. The molecule has 4 rings (SSSR count). The summed E-state index contributed by atoms with van der Waals surface area (Å²) in [7, 11) is -3.41. The first-order chi connectivity index (χ1) is 12.5. The molecule has 142 valence electrons. The summed E-state index contributed by atoms with van der Waals surface area (Å²) in [5.74, 6) is 2.74. The molecule has 26 heavy (non-hydrogen) atoms. The van der Waals surface area contributed by atoms with Gasteiger partial charge in [0.15, 0.2) is 0 Å². The van der Waals surface area contributed by atoms with Crippen LogP contribution in [0.1, 0.15) is 38.7 Å². The molecule has 4 atom stereocenters. The SMILES string of the molecule is CCN(CC)S(=O)(=O)c1ccc(CCC(=O)N2C[C@@H]3C[C@H]2[C@H]2C[C@@H]32)cc1. The number of rotatable bonds is 7. The summed E-state index contributed by atoms with van der Waals surface area (Å²) in [6.45, 7) is 5.58. The number of likely N-dealkylation sites (tertiary alicyclic amines) is 1. The summed E-state index contributed by atoms with van der Waals surface area (Å²) < 4.78 is 26.5. The number of amides is 1. The van der Waals surface area contributed by atoms with Crippen molar-refractivity contribution in [1.82, 2.24) is 9.21 Å². The van der Waals surface area contributed by atoms with Crippen molar-refractivity contribution in [1.29, 1.82) is 0 Å². The Morgan fingerprint density at radius 3 is 2.38 bits per heavy atom. The van der Waals surface area contributed by atoms with Crippen molar-refractivity contribution in [2.75, 3.05) is 19.6 Å². The summed E-state index contributed by atoms with van der Waals surface area (Å²) in [5, 5.41) is 0. The number of sulfonamides is 1. The quantitative estimate of drug-likeness (QED) is 0.735. The van der Waals surface area contributed by atoms with Crippen LogP contribution in [0.5, 0.6) is 0 Å². The standard InChI is InChI=1S/C20H28N2O3S/c1-3-21(4-2)26(24,25)16-8-5-14(6-9-16)7-10-20(23)22-13-15-11-19(22)18-12-17(15)18/h5-6,8-9,15,17-19H,3-4,7,10-13H2,1-2H3/t15-,17-,18-,19-/m0/s1. The van der Waals surface area contributed by atoms with Gasteiger partial charge in [-0.1, -0.05) is 26.0 Å². The fourth-order valence-corrected chi connectivity index (χ4v) is 6.52. The Balaban J connectivity index is 1.35. The molecule has 1 aliphatic heterocycles. The minimum absolute atomic E-state index is 0.266. The maximum absolute atomic E-state index is 12.6. The number of hydrogen-bond donors (Lipinski definition) is 0. The minimum Gasteiger partial charge on any atom is -0.339 e. The molecule has 2 bridgehead atoms. The van der Waals surface area contributed by atoms with Gasteiger partial charge >= 0.3 is 0 Å². The lowest BCUT2D eigenvalue weighted by Gasteiger charge is -2.27. The molecule has 1 aromatic carbocycles. The molecule has 3 fully saturated rings. The van der Waals surface area contributed by atoms with Gasteiger partial charge in [0.05, 0.1) is 4.90 Å². The van der Waals surface area contributed by atoms with E-state index in [4.69, 9.17) is 0 Å². The topological polar surface area (TPSA) is 57.7 Å². The zero-order valence-corrected chi connectivity index (χ0v) is 16.4. The predicted molar refractivity (Wildman–Crippen MR) is 100 cm³/mol. The van der Waals surface area contributed by atoms with Crippen LogP contribution in [0.3, 0.4) is 0 Å². The smallest absolute Gasteiger partial charge is 0.243 e. The van der Waals surface area contributed by atoms with Crippen LogP contribution >= 0.6 is 0 Å². The third-order valence-electron chi connectivity index (χ3n) is 6.58. The number of hydrogen-bond acceptors (Lipinski definition) is 3. The molecule has 2 saturated carbocycles. The first-order valence-electron chi connectivity index (χ1n) is 9.84. The average Bonchev–Trinajstić information content (AvgIpc) is 3.24. The lowest BCUT2D eigenvalue weighted by atomic mass is 10.1. The summed E-state index contributed by atoms with van der Waals surface area (Å²) >= 11 is 0. The summed E-state index contributed by atoms with van der Waals surface area (Å²) in [5.41, 5.74) is 1.02. The highest BCUT2D eigenvalue weighted by atomic mass is 32.2. The van der Waals surface area contributed by atoms with E-state index < -0.39 is 10.0 Å². The lowest BCUT2D eigenvalue weighted by molar-refractivity contribution is -0.133. The average molecular weight is 377 g/mol. The van der Waals surface area contributed by atoms with E-state index >= 15 is 0 Å². The first-order valence-corrected chi connectivity index (χ1v) is 11.3. The number of nitrogens with zero attached hydrogens (tertiary/aromatic N) is 2. The molecule has 2 aliphatic carbocycles. The summed E-state index contributed by atoms with van der Waals surface area (Å²) in [6, 6.07) is 7.53. The molecule has 1 heterocycles. The Kier molecular flexibility index (Phi) is 4.59. The van der Waals surface area contributed by atoms with Crippen LogP contribution in [0.25, 0.3) is 0 Å². The van der Waals surface area contributed by atoms with Gasteiger partial charge in [-0.25, -0.2) is 8.42 Å². The second-order valence-corrected chi connectivity index (χ2v) is 9.84. The van der Waals surface area contributed by atoms with Gasteiger partial charge in [0.25, 0.3) is 0 Å². The number of benzene rings is 1. The molecule has 1 amide bonds. The molecule has 6 heteroatoms. The molecular formula is C20H28N2O3S. The van der Waals surface area contributed by atoms with E-state index in [9.17, 15) is 13.2 Å². The number of piperidine rings is 1. The number of carbonyl (C=O) groups is 1. The Labute approximate surface area is 156 Å². The Morgan fingerprint density at radius 2 is 1.81 bits per heavy atom. The van der Waals surface area contributed by atoms with E-state index in [-0.39, 0.29) is 5.91 Å². The fourth-order valence-electron chi connectivity index (χ4n) is 5.06. The molecule has 3 aliphatic rings. The Hall–Kier alpha value is -1.40. The molecule has 5 nitrogen and oxygen atoms in total. The van der Waals surface area contributed by atoms with Gasteiger partial charge in [-0.05, 0) is 54.7 Å². The normalized spacial score (nSPS) is 29.3. The summed E-state index contributed by atoms with van der Waals surface area (Å²) in [4.78, 5) is 15.0.